The average molecular weight is 905 g/mol. The van der Waals surface area contributed by atoms with Crippen LogP contribution in [0.1, 0.15) is 255 Å². The molecular weight excluding hydrogens is 805 g/mol. The van der Waals surface area contributed by atoms with E-state index in [-0.39, 0.29) is 12.3 Å². The first-order valence-electron chi connectivity index (χ1n) is 26.3. The third-order valence-electron chi connectivity index (χ3n) is 16.6. The summed E-state index contributed by atoms with van der Waals surface area (Å²) in [5, 5.41) is 34.9. The molecule has 0 saturated carbocycles. The van der Waals surface area contributed by atoms with Crippen LogP contribution in [0.4, 0.5) is 0 Å². The first kappa shape index (κ1) is 57.9. The maximum atomic E-state index is 15.2. The number of carbonyl (C=O) groups excluding carboxylic acids is 1. The highest BCUT2D eigenvalue weighted by molar-refractivity contribution is 6.20. The quantitative estimate of drug-likeness (QED) is 0.0331. The number of piperidine rings is 2. The zero-order chi connectivity index (χ0) is 48.4. The zero-order valence-electron chi connectivity index (χ0n) is 43.5. The Hall–Kier alpha value is -2.20. The molecule has 2 unspecified atom stereocenters. The lowest BCUT2D eigenvalue weighted by molar-refractivity contribution is -0.213. The van der Waals surface area contributed by atoms with Crippen molar-refractivity contribution in [3.05, 3.63) is 0 Å². The molecule has 10 nitrogen and oxygen atoms in total. The van der Waals surface area contributed by atoms with Crippen molar-refractivity contribution in [3.63, 3.8) is 0 Å². The normalized spacial score (nSPS) is 20.7. The first-order chi connectivity index (χ1) is 29.9. The Morgan fingerprint density at radius 1 is 0.500 bits per heavy atom. The van der Waals surface area contributed by atoms with Crippen LogP contribution in [-0.4, -0.2) is 91.4 Å². The van der Waals surface area contributed by atoms with Crippen LogP contribution in [-0.2, 0) is 23.9 Å². The summed E-state index contributed by atoms with van der Waals surface area (Å²) in [7, 11) is 4.08. The highest BCUT2D eigenvalue weighted by Crippen LogP contribution is 2.59. The molecule has 2 fully saturated rings. The van der Waals surface area contributed by atoms with E-state index in [1.807, 2.05) is 34.7 Å². The third kappa shape index (κ3) is 15.2. The van der Waals surface area contributed by atoms with E-state index in [0.29, 0.717) is 51.4 Å². The van der Waals surface area contributed by atoms with Gasteiger partial charge in [0.05, 0.1) is 0 Å². The molecule has 2 aliphatic rings. The summed E-state index contributed by atoms with van der Waals surface area (Å²) in [6.07, 6.45) is 25.7. The molecule has 374 valence electrons. The SMILES string of the molecule is CCCCCCCCCCCCCCC(C1CC(C)(C)N(C)C(C)(C)C1)C(CCCCCCCCCCCCC)(C(=O)O)C(C(=O)O)(C(=O)O)C(=O)OC1CC(C)(C)N(C)C(C)(C)C1. The number of carboxylic acids is 3. The van der Waals surface area contributed by atoms with E-state index in [4.69, 9.17) is 4.74 Å². The molecule has 0 amide bonds. The van der Waals surface area contributed by atoms with Gasteiger partial charge in [-0.25, -0.2) is 0 Å². The number of hydrogen-bond donors (Lipinski definition) is 3. The standard InChI is InChI=1S/C54H100N2O8/c1-13-15-17-19-21-23-25-26-28-30-32-34-36-44(42-38-49(3,4)55(11)50(5,6)39-42)53(45(57)58,37-35-33-31-29-27-24-22-20-18-16-14-2)54(46(59)60,47(61)62)48(63)64-43-40-51(7,8)56(12)52(9,10)41-43/h42-44H,13-41H2,1-12H3,(H,57,58)(H,59,60)(H,61,62). The third-order valence-corrected chi connectivity index (χ3v) is 16.6. The fourth-order valence-corrected chi connectivity index (χ4v) is 12.4. The molecule has 0 aromatic heterocycles. The number of likely N-dealkylation sites (tertiary alicyclic amines) is 2. The van der Waals surface area contributed by atoms with Crippen molar-refractivity contribution >= 4 is 23.9 Å². The maximum Gasteiger partial charge on any atom is 0.336 e. The van der Waals surface area contributed by atoms with E-state index in [0.717, 1.165) is 51.4 Å². The summed E-state index contributed by atoms with van der Waals surface area (Å²) >= 11 is 0. The van der Waals surface area contributed by atoms with Gasteiger partial charge in [0, 0.05) is 35.0 Å². The van der Waals surface area contributed by atoms with Gasteiger partial charge in [0.1, 0.15) is 11.5 Å². The van der Waals surface area contributed by atoms with Gasteiger partial charge in [0.2, 0.25) is 0 Å². The van der Waals surface area contributed by atoms with Crippen LogP contribution in [0.15, 0.2) is 0 Å². The molecule has 0 spiro atoms. The van der Waals surface area contributed by atoms with Gasteiger partial charge >= 0.3 is 23.9 Å². The molecule has 0 aromatic rings. The van der Waals surface area contributed by atoms with Gasteiger partial charge < -0.3 is 20.1 Å². The van der Waals surface area contributed by atoms with E-state index in [9.17, 15) is 29.7 Å². The largest absolute Gasteiger partial charge is 0.481 e. The number of rotatable bonds is 33. The topological polar surface area (TPSA) is 145 Å². The van der Waals surface area contributed by atoms with Crippen molar-refractivity contribution in [1.82, 2.24) is 9.80 Å². The monoisotopic (exact) mass is 905 g/mol. The Labute approximate surface area is 392 Å². The number of ether oxygens (including phenoxy) is 1. The van der Waals surface area contributed by atoms with Crippen LogP contribution < -0.4 is 0 Å². The van der Waals surface area contributed by atoms with Gasteiger partial charge in [0.15, 0.2) is 0 Å². The first-order valence-corrected chi connectivity index (χ1v) is 26.3. The van der Waals surface area contributed by atoms with Crippen molar-refractivity contribution < 1.29 is 39.2 Å². The molecule has 10 heteroatoms. The molecule has 0 bridgehead atoms. The van der Waals surface area contributed by atoms with Gasteiger partial charge in [-0.1, -0.05) is 162 Å². The van der Waals surface area contributed by atoms with Crippen molar-refractivity contribution in [2.75, 3.05) is 14.1 Å². The van der Waals surface area contributed by atoms with Crippen LogP contribution in [0.3, 0.4) is 0 Å². The number of esters is 1. The molecule has 0 radical (unpaired) electrons. The Bertz CT molecular complexity index is 1370. The van der Waals surface area contributed by atoms with Gasteiger partial charge in [-0.2, -0.15) is 0 Å². The fraction of sp³-hybridized carbons (Fsp3) is 0.926. The highest BCUT2D eigenvalue weighted by atomic mass is 16.6. The minimum atomic E-state index is -3.37. The number of carbonyl (C=O) groups is 4. The second-order valence-electron chi connectivity index (χ2n) is 23.2. The van der Waals surface area contributed by atoms with E-state index < -0.39 is 68.9 Å². The zero-order valence-corrected chi connectivity index (χ0v) is 43.5. The van der Waals surface area contributed by atoms with E-state index in [1.54, 1.807) is 0 Å². The van der Waals surface area contributed by atoms with Crippen LogP contribution in [0.25, 0.3) is 0 Å². The van der Waals surface area contributed by atoms with Crippen LogP contribution >= 0.6 is 0 Å². The second-order valence-corrected chi connectivity index (χ2v) is 23.2. The minimum absolute atomic E-state index is 0.229. The second kappa shape index (κ2) is 26.4. The van der Waals surface area contributed by atoms with Crippen molar-refractivity contribution in [2.24, 2.45) is 22.7 Å². The molecule has 2 heterocycles. The molecular formula is C54H100N2O8. The maximum absolute atomic E-state index is 15.2. The smallest absolute Gasteiger partial charge is 0.336 e. The summed E-state index contributed by atoms with van der Waals surface area (Å²) < 4.78 is 6.22. The Morgan fingerprint density at radius 2 is 0.812 bits per heavy atom. The summed E-state index contributed by atoms with van der Waals surface area (Å²) in [6, 6.07) is 0. The predicted octanol–water partition coefficient (Wildman–Crippen LogP) is 13.7. The lowest BCUT2D eigenvalue weighted by Crippen LogP contribution is -2.68. The van der Waals surface area contributed by atoms with E-state index >= 15 is 4.79 Å². The number of aliphatic carboxylic acids is 3. The Balaban J connectivity index is 2.66. The highest BCUT2D eigenvalue weighted by Gasteiger charge is 2.76. The summed E-state index contributed by atoms with van der Waals surface area (Å²) in [6.45, 7) is 21.1. The molecule has 2 saturated heterocycles. The average Bonchev–Trinajstić information content (AvgIpc) is 3.18. The van der Waals surface area contributed by atoms with E-state index in [1.165, 1.54) is 77.0 Å². The molecule has 64 heavy (non-hydrogen) atoms. The number of nitrogens with zero attached hydrogens (tertiary/aromatic N) is 2. The van der Waals surface area contributed by atoms with Crippen LogP contribution in [0.2, 0.25) is 0 Å². The number of carboxylic acid groups (broad SMARTS) is 3. The van der Waals surface area contributed by atoms with Crippen LogP contribution in [0.5, 0.6) is 0 Å². The molecule has 3 N–H and O–H groups in total. The van der Waals surface area contributed by atoms with Gasteiger partial charge in [-0.3, -0.25) is 29.0 Å². The molecule has 0 aliphatic carbocycles. The van der Waals surface area contributed by atoms with Gasteiger partial charge in [-0.15, -0.1) is 0 Å². The summed E-state index contributed by atoms with van der Waals surface area (Å²) in [5.74, 6) is -8.09. The summed E-state index contributed by atoms with van der Waals surface area (Å²) in [4.78, 5) is 62.8. The lowest BCUT2D eigenvalue weighted by Gasteiger charge is -2.58. The fourth-order valence-electron chi connectivity index (χ4n) is 12.4. The molecule has 2 rings (SSSR count). The predicted molar refractivity (Wildman–Crippen MR) is 262 cm³/mol. The van der Waals surface area contributed by atoms with Crippen molar-refractivity contribution in [3.8, 4) is 0 Å². The van der Waals surface area contributed by atoms with Crippen molar-refractivity contribution in [2.45, 2.75) is 284 Å². The molecule has 2 aliphatic heterocycles. The van der Waals surface area contributed by atoms with Crippen molar-refractivity contribution in [1.29, 1.82) is 0 Å². The summed E-state index contributed by atoms with van der Waals surface area (Å²) in [5.41, 5.74) is -7.55. The molecule has 2 atom stereocenters. The Kier molecular flexibility index (Phi) is 23.9. The van der Waals surface area contributed by atoms with Crippen LogP contribution in [0, 0.1) is 22.7 Å². The number of hydrogen-bond acceptors (Lipinski definition) is 7. The number of unbranched alkanes of at least 4 members (excludes halogenated alkanes) is 21. The minimum Gasteiger partial charge on any atom is -0.481 e. The van der Waals surface area contributed by atoms with E-state index in [2.05, 4.69) is 58.4 Å². The van der Waals surface area contributed by atoms with Gasteiger partial charge in [-0.05, 0) is 107 Å². The molecule has 0 aromatic carbocycles. The Morgan fingerprint density at radius 3 is 1.14 bits per heavy atom. The van der Waals surface area contributed by atoms with Gasteiger partial charge in [0.25, 0.3) is 5.41 Å². The lowest BCUT2D eigenvalue weighted by atomic mass is 9.49.